The summed E-state index contributed by atoms with van der Waals surface area (Å²) in [6, 6.07) is 5.48. The molecule has 1 atom stereocenters. The van der Waals surface area contributed by atoms with Crippen molar-refractivity contribution in [3.63, 3.8) is 0 Å². The van der Waals surface area contributed by atoms with Crippen LogP contribution in [-0.2, 0) is 5.88 Å². The highest BCUT2D eigenvalue weighted by molar-refractivity contribution is 7.98. The van der Waals surface area contributed by atoms with Crippen molar-refractivity contribution in [1.29, 1.82) is 0 Å². The zero-order valence-corrected chi connectivity index (χ0v) is 13.0. The van der Waals surface area contributed by atoms with Gasteiger partial charge in [0.1, 0.15) is 5.69 Å². The third-order valence-electron chi connectivity index (χ3n) is 3.15. The van der Waals surface area contributed by atoms with E-state index in [-0.39, 0.29) is 22.5 Å². The number of thioether (sulfide) groups is 1. The Kier molecular flexibility index (Phi) is 6.45. The number of benzene rings is 1. The molecular formula is C13H19ClN2O2S. The summed E-state index contributed by atoms with van der Waals surface area (Å²) in [7, 11) is 1.91. The van der Waals surface area contributed by atoms with Crippen molar-refractivity contribution in [1.82, 2.24) is 0 Å². The maximum absolute atomic E-state index is 11.2. The van der Waals surface area contributed by atoms with Crippen molar-refractivity contribution in [2.24, 2.45) is 0 Å². The largest absolute Gasteiger partial charge is 0.365 e. The molecule has 0 fully saturated rings. The molecule has 0 radical (unpaired) electrons. The highest BCUT2D eigenvalue weighted by atomic mass is 35.5. The van der Waals surface area contributed by atoms with Crippen LogP contribution in [0.4, 0.5) is 11.4 Å². The third-order valence-corrected chi connectivity index (χ3v) is 4.18. The molecule has 0 aromatic heterocycles. The maximum atomic E-state index is 11.2. The fraction of sp³-hybridized carbons (Fsp3) is 0.538. The standard InChI is InChI=1S/C13H19ClN2O2S/c1-4-11(9-19-3)15(2)12-6-5-10(8-14)7-13(12)16(17)18/h5-7,11H,4,8-9H2,1-3H3. The van der Waals surface area contributed by atoms with Gasteiger partial charge in [-0.15, -0.1) is 11.6 Å². The lowest BCUT2D eigenvalue weighted by Gasteiger charge is -2.28. The molecule has 0 heterocycles. The Morgan fingerprint density at radius 2 is 2.21 bits per heavy atom. The van der Waals surface area contributed by atoms with Crippen molar-refractivity contribution in [3.8, 4) is 0 Å². The summed E-state index contributed by atoms with van der Waals surface area (Å²) in [5.74, 6) is 1.23. The summed E-state index contributed by atoms with van der Waals surface area (Å²) in [5.41, 5.74) is 1.54. The van der Waals surface area contributed by atoms with Crippen LogP contribution in [-0.4, -0.2) is 30.0 Å². The van der Waals surface area contributed by atoms with E-state index < -0.39 is 0 Å². The zero-order chi connectivity index (χ0) is 14.4. The predicted molar refractivity (Wildman–Crippen MR) is 83.5 cm³/mol. The molecular weight excluding hydrogens is 284 g/mol. The molecule has 0 saturated carbocycles. The summed E-state index contributed by atoms with van der Waals surface area (Å²) in [4.78, 5) is 12.8. The van der Waals surface area contributed by atoms with Crippen molar-refractivity contribution in [2.75, 3.05) is 24.0 Å². The van der Waals surface area contributed by atoms with E-state index in [4.69, 9.17) is 11.6 Å². The van der Waals surface area contributed by atoms with Crippen LogP contribution in [0, 0.1) is 10.1 Å². The van der Waals surface area contributed by atoms with Crippen molar-refractivity contribution >= 4 is 34.7 Å². The van der Waals surface area contributed by atoms with E-state index in [9.17, 15) is 10.1 Å². The molecule has 6 heteroatoms. The van der Waals surface area contributed by atoms with Crippen molar-refractivity contribution < 1.29 is 4.92 Å². The molecule has 1 aromatic carbocycles. The molecule has 0 spiro atoms. The number of rotatable bonds is 7. The SMILES string of the molecule is CCC(CSC)N(C)c1ccc(CCl)cc1[N+](=O)[O-]. The summed E-state index contributed by atoms with van der Waals surface area (Å²) in [6.45, 7) is 2.09. The minimum atomic E-state index is -0.340. The van der Waals surface area contributed by atoms with Gasteiger partial charge in [0, 0.05) is 30.8 Å². The first-order valence-corrected chi connectivity index (χ1v) is 8.03. The first-order chi connectivity index (χ1) is 9.04. The van der Waals surface area contributed by atoms with E-state index in [1.165, 1.54) is 0 Å². The van der Waals surface area contributed by atoms with Gasteiger partial charge in [0.25, 0.3) is 5.69 Å². The van der Waals surface area contributed by atoms with E-state index in [0.717, 1.165) is 17.7 Å². The Morgan fingerprint density at radius 1 is 1.53 bits per heavy atom. The lowest BCUT2D eigenvalue weighted by atomic mass is 10.1. The summed E-state index contributed by atoms with van der Waals surface area (Å²) >= 11 is 7.48. The summed E-state index contributed by atoms with van der Waals surface area (Å²) < 4.78 is 0. The van der Waals surface area contributed by atoms with Crippen LogP contribution in [0.1, 0.15) is 18.9 Å². The fourth-order valence-corrected chi connectivity index (χ4v) is 3.00. The second kappa shape index (κ2) is 7.60. The summed E-state index contributed by atoms with van der Waals surface area (Å²) in [6.07, 6.45) is 2.99. The van der Waals surface area contributed by atoms with Gasteiger partial charge >= 0.3 is 0 Å². The molecule has 19 heavy (non-hydrogen) atoms. The van der Waals surface area contributed by atoms with E-state index in [2.05, 4.69) is 6.92 Å². The molecule has 0 aliphatic heterocycles. The number of alkyl halides is 1. The second-order valence-corrected chi connectivity index (χ2v) is 5.52. The van der Waals surface area contributed by atoms with Crippen molar-refractivity contribution in [3.05, 3.63) is 33.9 Å². The van der Waals surface area contributed by atoms with Crippen LogP contribution in [0.25, 0.3) is 0 Å². The molecule has 0 amide bonds. The molecule has 1 rings (SSSR count). The summed E-state index contributed by atoms with van der Waals surface area (Å²) in [5, 5.41) is 11.2. The lowest BCUT2D eigenvalue weighted by molar-refractivity contribution is -0.384. The Bertz CT molecular complexity index is 443. The third kappa shape index (κ3) is 4.01. The molecule has 0 saturated heterocycles. The average Bonchev–Trinajstić information content (AvgIpc) is 2.43. The highest BCUT2D eigenvalue weighted by Crippen LogP contribution is 2.31. The van der Waals surface area contributed by atoms with Gasteiger partial charge in [0.2, 0.25) is 0 Å². The Labute approximate surface area is 123 Å². The first-order valence-electron chi connectivity index (χ1n) is 6.10. The lowest BCUT2D eigenvalue weighted by Crippen LogP contribution is -2.33. The minimum absolute atomic E-state index is 0.125. The monoisotopic (exact) mass is 302 g/mol. The quantitative estimate of drug-likeness (QED) is 0.435. The number of nitrogens with zero attached hydrogens (tertiary/aromatic N) is 2. The molecule has 0 aliphatic rings. The Hall–Kier alpha value is -0.940. The number of nitro benzene ring substituents is 1. The molecule has 0 aliphatic carbocycles. The zero-order valence-electron chi connectivity index (χ0n) is 11.4. The van der Waals surface area contributed by atoms with Gasteiger partial charge in [-0.05, 0) is 24.3 Å². The van der Waals surface area contributed by atoms with E-state index >= 15 is 0 Å². The second-order valence-electron chi connectivity index (χ2n) is 4.34. The Balaban J connectivity index is 3.13. The first kappa shape index (κ1) is 16.1. The smallest absolute Gasteiger partial charge is 0.292 e. The van der Waals surface area contributed by atoms with Crippen molar-refractivity contribution in [2.45, 2.75) is 25.3 Å². The number of halogens is 1. The van der Waals surface area contributed by atoms with E-state index in [1.54, 1.807) is 23.9 Å². The van der Waals surface area contributed by atoms with Gasteiger partial charge in [-0.25, -0.2) is 0 Å². The molecule has 0 bridgehead atoms. The van der Waals surface area contributed by atoms with Crippen LogP contribution in [0.2, 0.25) is 0 Å². The molecule has 1 unspecified atom stereocenters. The predicted octanol–water partition coefficient (Wildman–Crippen LogP) is 3.91. The van der Waals surface area contributed by atoms with Crippen LogP contribution in [0.15, 0.2) is 18.2 Å². The number of anilines is 1. The molecule has 106 valence electrons. The van der Waals surface area contributed by atoms with Gasteiger partial charge < -0.3 is 4.90 Å². The topological polar surface area (TPSA) is 46.4 Å². The van der Waals surface area contributed by atoms with Crippen LogP contribution in [0.3, 0.4) is 0 Å². The van der Waals surface area contributed by atoms with E-state index in [0.29, 0.717) is 5.69 Å². The Morgan fingerprint density at radius 3 is 2.68 bits per heavy atom. The van der Waals surface area contributed by atoms with Crippen LogP contribution < -0.4 is 4.90 Å². The average molecular weight is 303 g/mol. The molecule has 0 N–H and O–H groups in total. The molecule has 4 nitrogen and oxygen atoms in total. The normalized spacial score (nSPS) is 12.2. The van der Waals surface area contributed by atoms with Crippen LogP contribution in [0.5, 0.6) is 0 Å². The van der Waals surface area contributed by atoms with Gasteiger partial charge in [-0.1, -0.05) is 13.0 Å². The van der Waals surface area contributed by atoms with Gasteiger partial charge in [-0.3, -0.25) is 10.1 Å². The number of hydrogen-bond acceptors (Lipinski definition) is 4. The number of hydrogen-bond donors (Lipinski definition) is 0. The maximum Gasteiger partial charge on any atom is 0.292 e. The minimum Gasteiger partial charge on any atom is -0.365 e. The van der Waals surface area contributed by atoms with Crippen LogP contribution >= 0.6 is 23.4 Å². The molecule has 1 aromatic rings. The van der Waals surface area contributed by atoms with E-state index in [1.807, 2.05) is 24.3 Å². The van der Waals surface area contributed by atoms with Gasteiger partial charge in [-0.2, -0.15) is 11.8 Å². The van der Waals surface area contributed by atoms with Gasteiger partial charge in [0.15, 0.2) is 0 Å². The fourth-order valence-electron chi connectivity index (χ4n) is 1.99. The highest BCUT2D eigenvalue weighted by Gasteiger charge is 2.22. The van der Waals surface area contributed by atoms with Gasteiger partial charge in [0.05, 0.1) is 4.92 Å². The number of nitro groups is 1.